The predicted octanol–water partition coefficient (Wildman–Crippen LogP) is 4.38. The Morgan fingerprint density at radius 1 is 0.967 bits per heavy atom. The van der Waals surface area contributed by atoms with Gasteiger partial charge in [0.1, 0.15) is 0 Å². The summed E-state index contributed by atoms with van der Waals surface area (Å²) in [6, 6.07) is 25.3. The average molecular weight is 403 g/mol. The molecule has 1 N–H and O–H groups in total. The number of para-hydroxylation sites is 2. The lowest BCUT2D eigenvalue weighted by molar-refractivity contribution is -0.123. The van der Waals surface area contributed by atoms with Crippen molar-refractivity contribution in [2.45, 2.75) is 6.92 Å². The van der Waals surface area contributed by atoms with E-state index in [1.807, 2.05) is 84.7 Å². The van der Waals surface area contributed by atoms with E-state index in [0.29, 0.717) is 18.0 Å². The van der Waals surface area contributed by atoms with Crippen LogP contribution in [0.2, 0.25) is 0 Å². The Bertz CT molecular complexity index is 936. The van der Waals surface area contributed by atoms with Crippen LogP contribution in [-0.2, 0) is 4.79 Å². The number of amides is 1. The molecule has 0 atom stereocenters. The minimum absolute atomic E-state index is 0.0621. The minimum Gasteiger partial charge on any atom is -0.493 e. The van der Waals surface area contributed by atoms with Gasteiger partial charge in [-0.25, -0.2) is 5.01 Å². The number of rotatable bonds is 9. The molecule has 30 heavy (non-hydrogen) atoms. The Kier molecular flexibility index (Phi) is 7.44. The molecule has 0 heterocycles. The van der Waals surface area contributed by atoms with Crippen molar-refractivity contribution in [2.24, 2.45) is 5.10 Å². The highest BCUT2D eigenvalue weighted by atomic mass is 16.5. The fraction of sp³-hybridized carbons (Fsp3) is 0.167. The highest BCUT2D eigenvalue weighted by Gasteiger charge is 2.09. The van der Waals surface area contributed by atoms with Crippen LogP contribution >= 0.6 is 0 Å². The molecule has 0 fully saturated rings. The summed E-state index contributed by atoms with van der Waals surface area (Å²) < 4.78 is 11.0. The first-order chi connectivity index (χ1) is 14.7. The van der Waals surface area contributed by atoms with Crippen LogP contribution in [0.5, 0.6) is 11.5 Å². The summed E-state index contributed by atoms with van der Waals surface area (Å²) in [6.45, 7) is 2.36. The van der Waals surface area contributed by atoms with Crippen molar-refractivity contribution >= 4 is 23.5 Å². The lowest BCUT2D eigenvalue weighted by atomic mass is 10.2. The highest BCUT2D eigenvalue weighted by molar-refractivity contribution is 5.83. The summed E-state index contributed by atoms with van der Waals surface area (Å²) in [5.74, 6) is 0.865. The van der Waals surface area contributed by atoms with Crippen molar-refractivity contribution in [3.8, 4) is 11.5 Å². The minimum atomic E-state index is -0.174. The third kappa shape index (κ3) is 5.61. The van der Waals surface area contributed by atoms with Gasteiger partial charge in [-0.1, -0.05) is 36.4 Å². The first-order valence-corrected chi connectivity index (χ1v) is 9.73. The van der Waals surface area contributed by atoms with Crippen molar-refractivity contribution in [3.63, 3.8) is 0 Å². The second kappa shape index (κ2) is 10.7. The zero-order valence-electron chi connectivity index (χ0n) is 17.1. The van der Waals surface area contributed by atoms with Crippen LogP contribution in [0.3, 0.4) is 0 Å². The molecule has 6 nitrogen and oxygen atoms in total. The van der Waals surface area contributed by atoms with Gasteiger partial charge in [0.15, 0.2) is 18.1 Å². The lowest BCUT2D eigenvalue weighted by Crippen LogP contribution is -2.28. The monoisotopic (exact) mass is 403 g/mol. The number of likely N-dealkylation sites (N-methyl/N-ethyl adjacent to an activating group) is 1. The zero-order chi connectivity index (χ0) is 21.2. The van der Waals surface area contributed by atoms with E-state index >= 15 is 0 Å². The molecule has 0 saturated carbocycles. The van der Waals surface area contributed by atoms with Crippen LogP contribution in [0.15, 0.2) is 84.0 Å². The molecular formula is C24H25N3O3. The summed E-state index contributed by atoms with van der Waals surface area (Å²) >= 11 is 0. The van der Waals surface area contributed by atoms with Crippen LogP contribution < -0.4 is 19.8 Å². The van der Waals surface area contributed by atoms with Gasteiger partial charge in [0, 0.05) is 6.54 Å². The molecule has 0 unspecified atom stereocenters. The number of ether oxygens (including phenoxy) is 2. The summed E-state index contributed by atoms with van der Waals surface area (Å²) in [7, 11) is 1.56. The Morgan fingerprint density at radius 3 is 2.17 bits per heavy atom. The van der Waals surface area contributed by atoms with Gasteiger partial charge in [0.2, 0.25) is 0 Å². The van der Waals surface area contributed by atoms with E-state index in [1.165, 1.54) is 0 Å². The number of nitrogens with zero attached hydrogens (tertiary/aromatic N) is 2. The van der Waals surface area contributed by atoms with Crippen molar-refractivity contribution in [2.75, 3.05) is 25.3 Å². The number of carbonyl (C=O) groups is 1. The SMILES string of the molecule is CCNC(=O)COc1ccc(/C=N/N(c2ccccc2)c2ccccc2)cc1OC. The number of methoxy groups -OCH3 is 1. The van der Waals surface area contributed by atoms with Gasteiger partial charge in [0.25, 0.3) is 5.91 Å². The maximum Gasteiger partial charge on any atom is 0.257 e. The van der Waals surface area contributed by atoms with Crippen LogP contribution in [0.1, 0.15) is 12.5 Å². The summed E-state index contributed by atoms with van der Waals surface area (Å²) in [4.78, 5) is 11.6. The molecule has 0 aromatic heterocycles. The molecule has 0 aliphatic heterocycles. The first kappa shape index (κ1) is 20.9. The zero-order valence-corrected chi connectivity index (χ0v) is 17.1. The van der Waals surface area contributed by atoms with Gasteiger partial charge in [-0.15, -0.1) is 0 Å². The van der Waals surface area contributed by atoms with Gasteiger partial charge in [-0.3, -0.25) is 4.79 Å². The molecule has 1 amide bonds. The van der Waals surface area contributed by atoms with E-state index < -0.39 is 0 Å². The number of anilines is 2. The molecule has 3 aromatic rings. The Labute approximate surface area is 176 Å². The number of hydrogen-bond acceptors (Lipinski definition) is 5. The van der Waals surface area contributed by atoms with E-state index in [2.05, 4.69) is 10.4 Å². The van der Waals surface area contributed by atoms with E-state index in [4.69, 9.17) is 9.47 Å². The summed E-state index contributed by atoms with van der Waals surface area (Å²) in [5.41, 5.74) is 2.75. The smallest absolute Gasteiger partial charge is 0.257 e. The van der Waals surface area contributed by atoms with Crippen LogP contribution in [0.4, 0.5) is 11.4 Å². The van der Waals surface area contributed by atoms with Crippen molar-refractivity contribution in [1.29, 1.82) is 0 Å². The quantitative estimate of drug-likeness (QED) is 0.425. The first-order valence-electron chi connectivity index (χ1n) is 9.73. The lowest BCUT2D eigenvalue weighted by Gasteiger charge is -2.19. The second-order valence-corrected chi connectivity index (χ2v) is 6.38. The normalized spacial score (nSPS) is 10.6. The topological polar surface area (TPSA) is 63.2 Å². The van der Waals surface area contributed by atoms with Gasteiger partial charge in [0.05, 0.1) is 24.7 Å². The van der Waals surface area contributed by atoms with Gasteiger partial charge in [-0.05, 0) is 55.0 Å². The number of hydrazone groups is 1. The number of benzene rings is 3. The van der Waals surface area contributed by atoms with Crippen LogP contribution in [0, 0.1) is 0 Å². The molecule has 0 aliphatic rings. The third-order valence-electron chi connectivity index (χ3n) is 4.24. The van der Waals surface area contributed by atoms with Crippen molar-refractivity contribution < 1.29 is 14.3 Å². The standard InChI is InChI=1S/C24H25N3O3/c1-3-25-24(28)18-30-22-15-14-19(16-23(22)29-2)17-26-27(20-10-6-4-7-11-20)21-12-8-5-9-13-21/h4-17H,3,18H2,1-2H3,(H,25,28)/b26-17+. The van der Waals surface area contributed by atoms with Crippen molar-refractivity contribution in [1.82, 2.24) is 5.32 Å². The number of carbonyl (C=O) groups excluding carboxylic acids is 1. The summed E-state index contributed by atoms with van der Waals surface area (Å²) in [6.07, 6.45) is 1.76. The van der Waals surface area contributed by atoms with Gasteiger partial charge in [-0.2, -0.15) is 5.10 Å². The largest absolute Gasteiger partial charge is 0.493 e. The highest BCUT2D eigenvalue weighted by Crippen LogP contribution is 2.28. The van der Waals surface area contributed by atoms with Crippen LogP contribution in [0.25, 0.3) is 0 Å². The summed E-state index contributed by atoms with van der Waals surface area (Å²) in [5, 5.41) is 9.25. The molecule has 0 saturated heterocycles. The molecule has 0 aliphatic carbocycles. The third-order valence-corrected chi connectivity index (χ3v) is 4.24. The number of hydrogen-bond donors (Lipinski definition) is 1. The average Bonchev–Trinajstić information content (AvgIpc) is 2.80. The van der Waals surface area contributed by atoms with E-state index in [0.717, 1.165) is 16.9 Å². The molecule has 0 radical (unpaired) electrons. The molecule has 3 aromatic carbocycles. The van der Waals surface area contributed by atoms with Gasteiger partial charge < -0.3 is 14.8 Å². The molecule has 6 heteroatoms. The Hall–Kier alpha value is -3.80. The van der Waals surface area contributed by atoms with E-state index in [9.17, 15) is 4.79 Å². The maximum absolute atomic E-state index is 11.6. The Balaban J connectivity index is 1.81. The van der Waals surface area contributed by atoms with Gasteiger partial charge >= 0.3 is 0 Å². The Morgan fingerprint density at radius 2 is 1.60 bits per heavy atom. The molecule has 0 bridgehead atoms. The molecule has 154 valence electrons. The molecular weight excluding hydrogens is 378 g/mol. The van der Waals surface area contributed by atoms with E-state index in [-0.39, 0.29) is 12.5 Å². The fourth-order valence-corrected chi connectivity index (χ4v) is 2.82. The molecule has 3 rings (SSSR count). The fourth-order valence-electron chi connectivity index (χ4n) is 2.82. The predicted molar refractivity (Wildman–Crippen MR) is 120 cm³/mol. The van der Waals surface area contributed by atoms with Crippen LogP contribution in [-0.4, -0.2) is 32.4 Å². The van der Waals surface area contributed by atoms with E-state index in [1.54, 1.807) is 19.4 Å². The molecule has 0 spiro atoms. The van der Waals surface area contributed by atoms with Crippen molar-refractivity contribution in [3.05, 3.63) is 84.4 Å². The maximum atomic E-state index is 11.6. The second-order valence-electron chi connectivity index (χ2n) is 6.38. The number of nitrogens with one attached hydrogen (secondary N) is 1.